The molecule has 0 aliphatic heterocycles. The fraction of sp³-hybridized carbons (Fsp3) is 0.286. The molecular formula is C14H15BrFNS. The molecule has 1 aromatic carbocycles. The molecule has 2 aromatic rings. The lowest BCUT2D eigenvalue weighted by Gasteiger charge is -2.18. The van der Waals surface area contributed by atoms with Crippen LogP contribution in [0, 0.1) is 5.82 Å². The van der Waals surface area contributed by atoms with E-state index in [-0.39, 0.29) is 11.9 Å². The molecule has 18 heavy (non-hydrogen) atoms. The van der Waals surface area contributed by atoms with Gasteiger partial charge in [-0.2, -0.15) is 11.3 Å². The van der Waals surface area contributed by atoms with Crippen LogP contribution in [0.2, 0.25) is 0 Å². The second kappa shape index (κ2) is 6.45. The molecule has 0 saturated carbocycles. The number of halogens is 2. The number of benzene rings is 1. The summed E-state index contributed by atoms with van der Waals surface area (Å²) in [7, 11) is 0. The quantitative estimate of drug-likeness (QED) is 0.836. The van der Waals surface area contributed by atoms with Crippen LogP contribution in [-0.4, -0.2) is 6.54 Å². The van der Waals surface area contributed by atoms with Crippen molar-refractivity contribution in [3.05, 3.63) is 56.4 Å². The molecule has 2 rings (SSSR count). The zero-order valence-electron chi connectivity index (χ0n) is 10.1. The first kappa shape index (κ1) is 13.7. The standard InChI is InChI=1S/C14H15BrFNS/c1-2-6-17-14(11-5-7-18-9-11)10-3-4-12(15)13(16)8-10/h3-5,7-9,14,17H,2,6H2,1H3. The average Bonchev–Trinajstić information content (AvgIpc) is 2.88. The summed E-state index contributed by atoms with van der Waals surface area (Å²) >= 11 is 4.85. The van der Waals surface area contributed by atoms with Gasteiger partial charge in [-0.3, -0.25) is 0 Å². The zero-order valence-corrected chi connectivity index (χ0v) is 12.5. The van der Waals surface area contributed by atoms with E-state index in [4.69, 9.17) is 0 Å². The minimum absolute atomic E-state index is 0.0683. The normalized spacial score (nSPS) is 12.6. The van der Waals surface area contributed by atoms with Crippen LogP contribution in [0.5, 0.6) is 0 Å². The molecule has 0 fully saturated rings. The molecule has 4 heteroatoms. The molecule has 0 radical (unpaired) electrons. The smallest absolute Gasteiger partial charge is 0.137 e. The van der Waals surface area contributed by atoms with Gasteiger partial charge < -0.3 is 5.32 Å². The maximum absolute atomic E-state index is 13.6. The van der Waals surface area contributed by atoms with Crippen molar-refractivity contribution in [2.24, 2.45) is 0 Å². The first-order chi connectivity index (χ1) is 8.72. The van der Waals surface area contributed by atoms with Crippen LogP contribution < -0.4 is 5.32 Å². The summed E-state index contributed by atoms with van der Waals surface area (Å²) in [6.07, 6.45) is 1.06. The fourth-order valence-electron chi connectivity index (χ4n) is 1.85. The number of hydrogen-bond acceptors (Lipinski definition) is 2. The Morgan fingerprint density at radius 2 is 2.17 bits per heavy atom. The summed E-state index contributed by atoms with van der Waals surface area (Å²) in [5, 5.41) is 7.61. The number of hydrogen-bond donors (Lipinski definition) is 1. The summed E-state index contributed by atoms with van der Waals surface area (Å²) in [4.78, 5) is 0. The monoisotopic (exact) mass is 327 g/mol. The summed E-state index contributed by atoms with van der Waals surface area (Å²) < 4.78 is 14.1. The predicted molar refractivity (Wildman–Crippen MR) is 78.6 cm³/mol. The van der Waals surface area contributed by atoms with Crippen LogP contribution in [0.4, 0.5) is 4.39 Å². The van der Waals surface area contributed by atoms with Gasteiger partial charge in [-0.25, -0.2) is 4.39 Å². The molecule has 1 atom stereocenters. The third-order valence-corrected chi connectivity index (χ3v) is 4.10. The van der Waals surface area contributed by atoms with Gasteiger partial charge in [-0.05, 0) is 69.0 Å². The van der Waals surface area contributed by atoms with E-state index < -0.39 is 0 Å². The molecule has 1 N–H and O–H groups in total. The molecule has 0 aliphatic rings. The third kappa shape index (κ3) is 3.19. The van der Waals surface area contributed by atoms with Gasteiger partial charge in [-0.1, -0.05) is 13.0 Å². The molecular weight excluding hydrogens is 313 g/mol. The molecule has 0 spiro atoms. The molecule has 0 saturated heterocycles. The first-order valence-corrected chi connectivity index (χ1v) is 7.66. The molecule has 0 bridgehead atoms. The topological polar surface area (TPSA) is 12.0 Å². The highest BCUT2D eigenvalue weighted by molar-refractivity contribution is 9.10. The van der Waals surface area contributed by atoms with E-state index in [0.717, 1.165) is 18.5 Å². The van der Waals surface area contributed by atoms with Crippen LogP contribution in [0.3, 0.4) is 0 Å². The third-order valence-electron chi connectivity index (χ3n) is 2.75. The molecule has 1 nitrogen and oxygen atoms in total. The van der Waals surface area contributed by atoms with Crippen molar-refractivity contribution in [1.29, 1.82) is 0 Å². The van der Waals surface area contributed by atoms with Crippen LogP contribution in [-0.2, 0) is 0 Å². The Morgan fingerprint density at radius 3 is 2.78 bits per heavy atom. The van der Waals surface area contributed by atoms with E-state index in [0.29, 0.717) is 4.47 Å². The van der Waals surface area contributed by atoms with E-state index in [1.54, 1.807) is 23.5 Å². The van der Waals surface area contributed by atoms with Gasteiger partial charge in [0, 0.05) is 0 Å². The maximum Gasteiger partial charge on any atom is 0.137 e. The second-order valence-corrected chi connectivity index (χ2v) is 5.75. The molecule has 96 valence electrons. The van der Waals surface area contributed by atoms with E-state index >= 15 is 0 Å². The lowest BCUT2D eigenvalue weighted by atomic mass is 10.0. The minimum atomic E-state index is -0.217. The lowest BCUT2D eigenvalue weighted by molar-refractivity contribution is 0.584. The van der Waals surface area contributed by atoms with E-state index in [9.17, 15) is 4.39 Å². The fourth-order valence-corrected chi connectivity index (χ4v) is 2.78. The van der Waals surface area contributed by atoms with Crippen molar-refractivity contribution in [3.63, 3.8) is 0 Å². The zero-order chi connectivity index (χ0) is 13.0. The van der Waals surface area contributed by atoms with Gasteiger partial charge in [0.1, 0.15) is 5.82 Å². The Hall–Kier alpha value is -0.710. The minimum Gasteiger partial charge on any atom is -0.306 e. The lowest BCUT2D eigenvalue weighted by Crippen LogP contribution is -2.22. The maximum atomic E-state index is 13.6. The summed E-state index contributed by atoms with van der Waals surface area (Å²) in [6, 6.07) is 7.46. The number of nitrogens with one attached hydrogen (secondary N) is 1. The highest BCUT2D eigenvalue weighted by Crippen LogP contribution is 2.27. The SMILES string of the molecule is CCCNC(c1ccsc1)c1ccc(Br)c(F)c1. The number of thiophene rings is 1. The Labute approximate surface area is 119 Å². The number of rotatable bonds is 5. The summed E-state index contributed by atoms with van der Waals surface area (Å²) in [5.41, 5.74) is 2.15. The van der Waals surface area contributed by atoms with E-state index in [1.165, 1.54) is 5.56 Å². The van der Waals surface area contributed by atoms with Crippen molar-refractivity contribution in [3.8, 4) is 0 Å². The summed E-state index contributed by atoms with van der Waals surface area (Å²) in [6.45, 7) is 3.04. The largest absolute Gasteiger partial charge is 0.306 e. The van der Waals surface area contributed by atoms with Gasteiger partial charge in [0.2, 0.25) is 0 Å². The highest BCUT2D eigenvalue weighted by Gasteiger charge is 2.15. The Kier molecular flexibility index (Phi) is 4.92. The van der Waals surface area contributed by atoms with Crippen molar-refractivity contribution >= 4 is 27.3 Å². The Morgan fingerprint density at radius 1 is 1.33 bits per heavy atom. The first-order valence-electron chi connectivity index (χ1n) is 5.92. The predicted octanol–water partition coefficient (Wildman–Crippen LogP) is 4.74. The van der Waals surface area contributed by atoms with Crippen molar-refractivity contribution < 1.29 is 4.39 Å². The van der Waals surface area contributed by atoms with Gasteiger partial charge in [0.15, 0.2) is 0 Å². The van der Waals surface area contributed by atoms with Crippen LogP contribution in [0.15, 0.2) is 39.5 Å². The van der Waals surface area contributed by atoms with Crippen LogP contribution in [0.1, 0.15) is 30.5 Å². The second-order valence-electron chi connectivity index (χ2n) is 4.12. The van der Waals surface area contributed by atoms with Gasteiger partial charge in [0.25, 0.3) is 0 Å². The van der Waals surface area contributed by atoms with Gasteiger partial charge >= 0.3 is 0 Å². The Bertz CT molecular complexity index is 499. The molecule has 1 heterocycles. The highest BCUT2D eigenvalue weighted by atomic mass is 79.9. The van der Waals surface area contributed by atoms with Crippen molar-refractivity contribution in [2.75, 3.05) is 6.54 Å². The molecule has 1 unspecified atom stereocenters. The van der Waals surface area contributed by atoms with E-state index in [2.05, 4.69) is 39.6 Å². The van der Waals surface area contributed by atoms with Crippen molar-refractivity contribution in [1.82, 2.24) is 5.32 Å². The van der Waals surface area contributed by atoms with Crippen LogP contribution >= 0.6 is 27.3 Å². The van der Waals surface area contributed by atoms with Crippen molar-refractivity contribution in [2.45, 2.75) is 19.4 Å². The van der Waals surface area contributed by atoms with Gasteiger partial charge in [-0.15, -0.1) is 0 Å². The Balaban J connectivity index is 2.30. The summed E-state index contributed by atoms with van der Waals surface area (Å²) in [5.74, 6) is -0.217. The van der Waals surface area contributed by atoms with Crippen LogP contribution in [0.25, 0.3) is 0 Å². The van der Waals surface area contributed by atoms with E-state index in [1.807, 2.05) is 11.4 Å². The molecule has 1 aromatic heterocycles. The molecule has 0 aliphatic carbocycles. The molecule has 0 amide bonds. The average molecular weight is 328 g/mol. The van der Waals surface area contributed by atoms with Gasteiger partial charge in [0.05, 0.1) is 10.5 Å².